The number of carbonyl (C=O) groups excluding carboxylic acids is 2. The molecule has 2 amide bonds. The summed E-state index contributed by atoms with van der Waals surface area (Å²) in [5, 5.41) is 9.60. The second-order valence-electron chi connectivity index (χ2n) is 4.93. The van der Waals surface area contributed by atoms with Crippen LogP contribution in [-0.2, 0) is 6.42 Å². The van der Waals surface area contributed by atoms with Gasteiger partial charge in [-0.25, -0.2) is 0 Å². The van der Waals surface area contributed by atoms with Gasteiger partial charge in [0.1, 0.15) is 0 Å². The van der Waals surface area contributed by atoms with Crippen LogP contribution < -0.4 is 0 Å². The van der Waals surface area contributed by atoms with E-state index < -0.39 is 11.9 Å². The van der Waals surface area contributed by atoms with Crippen molar-refractivity contribution in [3.63, 3.8) is 0 Å². The second kappa shape index (κ2) is 5.46. The van der Waals surface area contributed by atoms with Crippen molar-refractivity contribution < 1.29 is 14.7 Å². The van der Waals surface area contributed by atoms with Crippen molar-refractivity contribution >= 4 is 11.8 Å². The molecule has 1 N–H and O–H groups in total. The van der Waals surface area contributed by atoms with Crippen molar-refractivity contribution in [1.82, 2.24) is 9.88 Å². The second-order valence-corrected chi connectivity index (χ2v) is 4.93. The lowest BCUT2D eigenvalue weighted by atomic mass is 10.1. The molecule has 0 spiro atoms. The standard InChI is InChI=1S/C16H14N2O3/c19-10-12(8-11-4-2-1-3-5-11)18-15(20)13-6-7-17-9-14(13)16(18)21/h1-7,9,12,19H,8,10H2. The maximum Gasteiger partial charge on any atom is 0.263 e. The first kappa shape index (κ1) is 13.5. The molecular formula is C16H14N2O3. The number of rotatable bonds is 4. The Morgan fingerprint density at radius 1 is 1.05 bits per heavy atom. The van der Waals surface area contributed by atoms with Crippen molar-refractivity contribution in [2.24, 2.45) is 0 Å². The van der Waals surface area contributed by atoms with E-state index in [-0.39, 0.29) is 12.5 Å². The smallest absolute Gasteiger partial charge is 0.263 e. The van der Waals surface area contributed by atoms with Crippen LogP contribution in [-0.4, -0.2) is 39.5 Å². The van der Waals surface area contributed by atoms with Crippen LogP contribution in [0.15, 0.2) is 48.8 Å². The van der Waals surface area contributed by atoms with E-state index in [0.29, 0.717) is 17.5 Å². The Balaban J connectivity index is 1.89. The third-order valence-electron chi connectivity index (χ3n) is 3.61. The van der Waals surface area contributed by atoms with Gasteiger partial charge in [-0.2, -0.15) is 0 Å². The quantitative estimate of drug-likeness (QED) is 0.858. The summed E-state index contributed by atoms with van der Waals surface area (Å²) in [4.78, 5) is 29.7. The van der Waals surface area contributed by atoms with Crippen molar-refractivity contribution in [3.05, 3.63) is 65.5 Å². The van der Waals surface area contributed by atoms with E-state index in [1.54, 1.807) is 0 Å². The van der Waals surface area contributed by atoms with Gasteiger partial charge in [0.05, 0.1) is 23.8 Å². The fraction of sp³-hybridized carbons (Fsp3) is 0.188. The molecule has 21 heavy (non-hydrogen) atoms. The molecule has 1 aliphatic heterocycles. The number of aliphatic hydroxyl groups excluding tert-OH is 1. The molecule has 0 radical (unpaired) electrons. The van der Waals surface area contributed by atoms with E-state index >= 15 is 0 Å². The number of hydrogen-bond donors (Lipinski definition) is 1. The maximum atomic E-state index is 12.4. The first-order chi connectivity index (χ1) is 10.2. The lowest BCUT2D eigenvalue weighted by Gasteiger charge is -2.24. The molecule has 1 aromatic heterocycles. The number of carbonyl (C=O) groups is 2. The van der Waals surface area contributed by atoms with Crippen molar-refractivity contribution in [3.8, 4) is 0 Å². The van der Waals surface area contributed by atoms with E-state index in [2.05, 4.69) is 4.98 Å². The van der Waals surface area contributed by atoms with Gasteiger partial charge in [0, 0.05) is 12.4 Å². The molecule has 0 saturated heterocycles. The summed E-state index contributed by atoms with van der Waals surface area (Å²) in [5.41, 5.74) is 1.61. The number of hydrogen-bond acceptors (Lipinski definition) is 4. The van der Waals surface area contributed by atoms with Gasteiger partial charge in [-0.3, -0.25) is 19.5 Å². The minimum Gasteiger partial charge on any atom is -0.394 e. The van der Waals surface area contributed by atoms with Gasteiger partial charge >= 0.3 is 0 Å². The van der Waals surface area contributed by atoms with E-state index in [9.17, 15) is 14.7 Å². The van der Waals surface area contributed by atoms with Gasteiger partial charge in [-0.1, -0.05) is 30.3 Å². The van der Waals surface area contributed by atoms with Crippen LogP contribution in [0.5, 0.6) is 0 Å². The highest BCUT2D eigenvalue weighted by atomic mass is 16.3. The Morgan fingerprint density at radius 2 is 1.76 bits per heavy atom. The highest BCUT2D eigenvalue weighted by Gasteiger charge is 2.39. The van der Waals surface area contributed by atoms with E-state index in [1.165, 1.54) is 18.5 Å². The van der Waals surface area contributed by atoms with Gasteiger partial charge in [-0.15, -0.1) is 0 Å². The van der Waals surface area contributed by atoms with Crippen LogP contribution >= 0.6 is 0 Å². The van der Waals surface area contributed by atoms with Crippen LogP contribution in [0.1, 0.15) is 26.3 Å². The highest BCUT2D eigenvalue weighted by molar-refractivity contribution is 6.21. The minimum absolute atomic E-state index is 0.270. The van der Waals surface area contributed by atoms with E-state index in [4.69, 9.17) is 0 Å². The normalized spacial score (nSPS) is 15.2. The summed E-state index contributed by atoms with van der Waals surface area (Å²) in [5.74, 6) is -0.759. The van der Waals surface area contributed by atoms with Gasteiger partial charge in [0.15, 0.2) is 0 Å². The zero-order chi connectivity index (χ0) is 14.8. The Morgan fingerprint density at radius 3 is 2.43 bits per heavy atom. The van der Waals surface area contributed by atoms with Crippen LogP contribution in [0.3, 0.4) is 0 Å². The summed E-state index contributed by atoms with van der Waals surface area (Å²) >= 11 is 0. The SMILES string of the molecule is O=C1c2ccncc2C(=O)N1C(CO)Cc1ccccc1. The summed E-state index contributed by atoms with van der Waals surface area (Å²) in [7, 11) is 0. The lowest BCUT2D eigenvalue weighted by Crippen LogP contribution is -2.43. The fourth-order valence-electron chi connectivity index (χ4n) is 2.56. The van der Waals surface area contributed by atoms with Crippen LogP contribution in [0, 0.1) is 0 Å². The summed E-state index contributed by atoms with van der Waals surface area (Å²) in [6.07, 6.45) is 3.31. The van der Waals surface area contributed by atoms with Crippen LogP contribution in [0.2, 0.25) is 0 Å². The molecule has 0 saturated carbocycles. The van der Waals surface area contributed by atoms with Gasteiger partial charge < -0.3 is 5.11 Å². The predicted molar refractivity (Wildman–Crippen MR) is 75.8 cm³/mol. The maximum absolute atomic E-state index is 12.4. The molecule has 2 heterocycles. The predicted octanol–water partition coefficient (Wildman–Crippen LogP) is 1.28. The Bertz CT molecular complexity index is 650. The molecule has 0 fully saturated rings. The van der Waals surface area contributed by atoms with Crippen molar-refractivity contribution in [2.45, 2.75) is 12.5 Å². The molecule has 106 valence electrons. The van der Waals surface area contributed by atoms with Crippen molar-refractivity contribution in [1.29, 1.82) is 0 Å². The average Bonchev–Trinajstić information content (AvgIpc) is 2.78. The summed E-state index contributed by atoms with van der Waals surface area (Å²) in [6, 6.07) is 10.4. The first-order valence-electron chi connectivity index (χ1n) is 6.69. The molecule has 2 aromatic rings. The van der Waals surface area contributed by atoms with Gasteiger partial charge in [-0.05, 0) is 18.1 Å². The molecule has 0 bridgehead atoms. The lowest BCUT2D eigenvalue weighted by molar-refractivity contribution is 0.0516. The Kier molecular flexibility index (Phi) is 3.50. The minimum atomic E-state index is -0.570. The zero-order valence-corrected chi connectivity index (χ0v) is 11.3. The number of pyridine rings is 1. The highest BCUT2D eigenvalue weighted by Crippen LogP contribution is 2.25. The van der Waals surface area contributed by atoms with E-state index in [0.717, 1.165) is 10.5 Å². The number of benzene rings is 1. The summed E-state index contributed by atoms with van der Waals surface area (Å²) < 4.78 is 0. The molecule has 1 unspecified atom stereocenters. The number of aliphatic hydroxyl groups is 1. The largest absolute Gasteiger partial charge is 0.394 e. The molecule has 1 atom stereocenters. The van der Waals surface area contributed by atoms with Crippen molar-refractivity contribution in [2.75, 3.05) is 6.61 Å². The molecule has 1 aliphatic rings. The molecule has 1 aromatic carbocycles. The molecule has 5 heteroatoms. The third kappa shape index (κ3) is 2.32. The molecular weight excluding hydrogens is 268 g/mol. The monoisotopic (exact) mass is 282 g/mol. The molecule has 5 nitrogen and oxygen atoms in total. The number of aromatic nitrogens is 1. The third-order valence-corrected chi connectivity index (χ3v) is 3.61. The fourth-order valence-corrected chi connectivity index (χ4v) is 2.56. The Labute approximate surface area is 121 Å². The van der Waals surface area contributed by atoms with Gasteiger partial charge in [0.2, 0.25) is 0 Å². The Hall–Kier alpha value is -2.53. The number of fused-ring (bicyclic) bond motifs is 1. The van der Waals surface area contributed by atoms with Crippen LogP contribution in [0.25, 0.3) is 0 Å². The first-order valence-corrected chi connectivity index (χ1v) is 6.69. The number of nitrogens with zero attached hydrogens (tertiary/aromatic N) is 2. The molecule has 0 aliphatic carbocycles. The number of amides is 2. The number of imide groups is 1. The average molecular weight is 282 g/mol. The summed E-state index contributed by atoms with van der Waals surface area (Å²) in [6.45, 7) is -0.270. The molecule has 3 rings (SSSR count). The van der Waals surface area contributed by atoms with Gasteiger partial charge in [0.25, 0.3) is 11.8 Å². The topological polar surface area (TPSA) is 70.5 Å². The van der Waals surface area contributed by atoms with E-state index in [1.807, 2.05) is 30.3 Å². The van der Waals surface area contributed by atoms with Crippen LogP contribution in [0.4, 0.5) is 0 Å². The zero-order valence-electron chi connectivity index (χ0n) is 11.3.